The van der Waals surface area contributed by atoms with Crippen molar-refractivity contribution in [2.24, 2.45) is 5.41 Å². The molecule has 32 heavy (non-hydrogen) atoms. The predicted molar refractivity (Wildman–Crippen MR) is 117 cm³/mol. The third kappa shape index (κ3) is 3.18. The zero-order valence-electron chi connectivity index (χ0n) is 17.3. The average molecular weight is 433 g/mol. The number of fused-ring (bicyclic) bond motifs is 1. The molecule has 162 valence electrons. The molecule has 1 saturated carbocycles. The largest absolute Gasteiger partial charge is 0.370 e. The number of carbonyl (C=O) groups excluding carboxylic acids is 1. The van der Waals surface area contributed by atoms with Crippen LogP contribution in [0.4, 0.5) is 26.0 Å². The SMILES string of the molecule is O=C1NCc2nc(-c3c(F)cccc3F)cc(Nc3ccc(N4CCC5(CC5)C4)cn3)c21. The maximum absolute atomic E-state index is 14.4. The minimum atomic E-state index is -0.706. The van der Waals surface area contributed by atoms with Crippen LogP contribution in [0.5, 0.6) is 0 Å². The van der Waals surface area contributed by atoms with Gasteiger partial charge in [0.25, 0.3) is 5.91 Å². The van der Waals surface area contributed by atoms with Crippen LogP contribution in [0.1, 0.15) is 35.3 Å². The van der Waals surface area contributed by atoms with Gasteiger partial charge in [0.2, 0.25) is 0 Å². The summed E-state index contributed by atoms with van der Waals surface area (Å²) in [5.74, 6) is -1.15. The Hall–Kier alpha value is -3.55. The lowest BCUT2D eigenvalue weighted by molar-refractivity contribution is 0.0966. The molecule has 2 aromatic heterocycles. The molecule has 0 bridgehead atoms. The van der Waals surface area contributed by atoms with E-state index in [1.54, 1.807) is 0 Å². The second-order valence-corrected chi connectivity index (χ2v) is 8.85. The lowest BCUT2D eigenvalue weighted by Gasteiger charge is -2.19. The number of nitrogens with zero attached hydrogens (tertiary/aromatic N) is 3. The average Bonchev–Trinajstić information content (AvgIpc) is 3.23. The number of nitrogens with one attached hydrogen (secondary N) is 2. The normalized spacial score (nSPS) is 18.1. The molecular formula is C24H21F2N5O. The summed E-state index contributed by atoms with van der Waals surface area (Å²) < 4.78 is 28.7. The minimum absolute atomic E-state index is 0.127. The quantitative estimate of drug-likeness (QED) is 0.638. The standard InChI is InChI=1S/C24H21F2N5O/c25-15-2-1-3-16(26)21(15)17-10-18(22-19(29-17)12-28-23(22)32)30-20-5-4-14(11-27-20)31-9-8-24(13-31)6-7-24/h1-5,10-11H,6-9,12-13H2,(H,28,32)(H,27,29,30). The number of hydrogen-bond donors (Lipinski definition) is 2. The van der Waals surface area contributed by atoms with E-state index in [1.807, 2.05) is 18.3 Å². The second-order valence-electron chi connectivity index (χ2n) is 8.85. The maximum atomic E-state index is 14.4. The Morgan fingerprint density at radius 2 is 1.88 bits per heavy atom. The molecule has 1 amide bonds. The van der Waals surface area contributed by atoms with Crippen molar-refractivity contribution in [3.8, 4) is 11.3 Å². The lowest BCUT2D eigenvalue weighted by atomic mass is 10.1. The number of amides is 1. The molecule has 0 radical (unpaired) electrons. The molecule has 2 N–H and O–H groups in total. The molecule has 1 spiro atoms. The number of halogens is 2. The summed E-state index contributed by atoms with van der Waals surface area (Å²) in [5.41, 5.74) is 2.74. The zero-order valence-corrected chi connectivity index (χ0v) is 17.3. The van der Waals surface area contributed by atoms with Crippen molar-refractivity contribution in [2.75, 3.05) is 23.3 Å². The summed E-state index contributed by atoms with van der Waals surface area (Å²) in [5, 5.41) is 5.88. The van der Waals surface area contributed by atoms with Crippen LogP contribution >= 0.6 is 0 Å². The summed E-state index contributed by atoms with van der Waals surface area (Å²) in [7, 11) is 0. The monoisotopic (exact) mass is 433 g/mol. The van der Waals surface area contributed by atoms with Gasteiger partial charge in [-0.25, -0.2) is 18.7 Å². The van der Waals surface area contributed by atoms with Gasteiger partial charge in [-0.1, -0.05) is 6.07 Å². The van der Waals surface area contributed by atoms with E-state index in [1.165, 1.54) is 43.5 Å². The van der Waals surface area contributed by atoms with Gasteiger partial charge in [0, 0.05) is 13.1 Å². The van der Waals surface area contributed by atoms with Crippen LogP contribution in [0.25, 0.3) is 11.3 Å². The first-order chi connectivity index (χ1) is 15.5. The fourth-order valence-corrected chi connectivity index (χ4v) is 4.73. The molecule has 1 aliphatic carbocycles. The molecule has 2 aliphatic heterocycles. The highest BCUT2D eigenvalue weighted by molar-refractivity contribution is 6.04. The molecule has 3 aliphatic rings. The minimum Gasteiger partial charge on any atom is -0.370 e. The molecule has 8 heteroatoms. The third-order valence-electron chi connectivity index (χ3n) is 6.73. The van der Waals surface area contributed by atoms with Gasteiger partial charge in [-0.2, -0.15) is 0 Å². The summed E-state index contributed by atoms with van der Waals surface area (Å²) in [6.07, 6.45) is 5.69. The van der Waals surface area contributed by atoms with E-state index in [0.717, 1.165) is 18.8 Å². The molecule has 0 atom stereocenters. The van der Waals surface area contributed by atoms with Gasteiger partial charge < -0.3 is 15.5 Å². The Labute approximate surface area is 183 Å². The molecule has 6 nitrogen and oxygen atoms in total. The van der Waals surface area contributed by atoms with E-state index in [9.17, 15) is 13.6 Å². The first-order valence-corrected chi connectivity index (χ1v) is 10.8. The number of rotatable bonds is 4. The topological polar surface area (TPSA) is 70.2 Å². The molecule has 4 heterocycles. The molecular weight excluding hydrogens is 412 g/mol. The Morgan fingerprint density at radius 3 is 2.56 bits per heavy atom. The van der Waals surface area contributed by atoms with E-state index in [2.05, 4.69) is 25.5 Å². The van der Waals surface area contributed by atoms with Gasteiger partial charge in [0.05, 0.1) is 46.6 Å². The summed E-state index contributed by atoms with van der Waals surface area (Å²) in [4.78, 5) is 23.6. The van der Waals surface area contributed by atoms with Gasteiger partial charge in [-0.15, -0.1) is 0 Å². The third-order valence-corrected chi connectivity index (χ3v) is 6.73. The fraction of sp³-hybridized carbons (Fsp3) is 0.292. The number of aromatic nitrogens is 2. The molecule has 6 rings (SSSR count). The summed E-state index contributed by atoms with van der Waals surface area (Å²) >= 11 is 0. The summed E-state index contributed by atoms with van der Waals surface area (Å²) in [6, 6.07) is 9.05. The summed E-state index contributed by atoms with van der Waals surface area (Å²) in [6.45, 7) is 2.33. The Bertz CT molecular complexity index is 1220. The van der Waals surface area contributed by atoms with Crippen molar-refractivity contribution in [1.29, 1.82) is 0 Å². The second kappa shape index (κ2) is 6.98. The van der Waals surface area contributed by atoms with E-state index in [0.29, 0.717) is 28.2 Å². The van der Waals surface area contributed by atoms with E-state index >= 15 is 0 Å². The van der Waals surface area contributed by atoms with Crippen LogP contribution in [-0.4, -0.2) is 29.0 Å². The van der Waals surface area contributed by atoms with E-state index in [4.69, 9.17) is 0 Å². The highest BCUT2D eigenvalue weighted by atomic mass is 19.1. The van der Waals surface area contributed by atoms with Crippen molar-refractivity contribution >= 4 is 23.1 Å². The van der Waals surface area contributed by atoms with Crippen molar-refractivity contribution in [3.63, 3.8) is 0 Å². The zero-order chi connectivity index (χ0) is 21.9. The van der Waals surface area contributed by atoms with Crippen molar-refractivity contribution in [1.82, 2.24) is 15.3 Å². The Kier molecular flexibility index (Phi) is 4.18. The smallest absolute Gasteiger partial charge is 0.255 e. The highest BCUT2D eigenvalue weighted by Crippen LogP contribution is 2.53. The van der Waals surface area contributed by atoms with E-state index in [-0.39, 0.29) is 23.7 Å². The molecule has 3 aromatic rings. The van der Waals surface area contributed by atoms with Crippen LogP contribution in [0, 0.1) is 17.0 Å². The van der Waals surface area contributed by atoms with Crippen LogP contribution in [0.15, 0.2) is 42.6 Å². The molecule has 1 saturated heterocycles. The molecule has 0 unspecified atom stereocenters. The molecule has 2 fully saturated rings. The number of pyridine rings is 2. The van der Waals surface area contributed by atoms with Crippen LogP contribution in [-0.2, 0) is 6.54 Å². The lowest BCUT2D eigenvalue weighted by Crippen LogP contribution is -2.20. The first-order valence-electron chi connectivity index (χ1n) is 10.8. The van der Waals surface area contributed by atoms with Crippen LogP contribution in [0.2, 0.25) is 0 Å². The highest BCUT2D eigenvalue weighted by Gasteiger charge is 2.47. The number of benzene rings is 1. The maximum Gasteiger partial charge on any atom is 0.255 e. The van der Waals surface area contributed by atoms with Crippen LogP contribution in [0.3, 0.4) is 0 Å². The van der Waals surface area contributed by atoms with Gasteiger partial charge in [-0.3, -0.25) is 4.79 Å². The fourth-order valence-electron chi connectivity index (χ4n) is 4.73. The first kappa shape index (κ1) is 19.2. The van der Waals surface area contributed by atoms with Crippen molar-refractivity contribution in [3.05, 3.63) is 65.5 Å². The Balaban J connectivity index is 1.33. The van der Waals surface area contributed by atoms with Crippen molar-refractivity contribution in [2.45, 2.75) is 25.8 Å². The van der Waals surface area contributed by atoms with Gasteiger partial charge in [-0.05, 0) is 55.0 Å². The number of hydrogen-bond acceptors (Lipinski definition) is 5. The molecule has 1 aromatic carbocycles. The number of carbonyl (C=O) groups is 1. The van der Waals surface area contributed by atoms with Crippen LogP contribution < -0.4 is 15.5 Å². The van der Waals surface area contributed by atoms with Gasteiger partial charge in [0.1, 0.15) is 17.5 Å². The van der Waals surface area contributed by atoms with Gasteiger partial charge >= 0.3 is 0 Å². The number of anilines is 3. The van der Waals surface area contributed by atoms with Gasteiger partial charge in [0.15, 0.2) is 0 Å². The van der Waals surface area contributed by atoms with E-state index < -0.39 is 11.6 Å². The Morgan fingerprint density at radius 1 is 1.06 bits per heavy atom. The van der Waals surface area contributed by atoms with Crippen molar-refractivity contribution < 1.29 is 13.6 Å². The predicted octanol–water partition coefficient (Wildman–Crippen LogP) is 4.40.